The second-order valence-electron chi connectivity index (χ2n) is 5.61. The average Bonchev–Trinajstić information content (AvgIpc) is 2.45. The number of esters is 1. The van der Waals surface area contributed by atoms with Gasteiger partial charge in [0.05, 0.1) is 5.56 Å². The third-order valence-corrected chi connectivity index (χ3v) is 3.99. The van der Waals surface area contributed by atoms with E-state index in [1.807, 2.05) is 24.3 Å². The summed E-state index contributed by atoms with van der Waals surface area (Å²) in [5.41, 5.74) is 0.626. The molecule has 0 bridgehead atoms. The van der Waals surface area contributed by atoms with E-state index in [4.69, 9.17) is 4.74 Å². The number of likely N-dealkylation sites (tertiary alicyclic amines) is 1. The Balaban J connectivity index is 1.97. The third-order valence-electron chi connectivity index (χ3n) is 3.99. The van der Waals surface area contributed by atoms with Crippen LogP contribution in [0.4, 0.5) is 0 Å². The van der Waals surface area contributed by atoms with Crippen LogP contribution in [0.5, 0.6) is 0 Å². The SMILES string of the molecule is C=CCN1C[C@H](C)[C@@H](OC(=O)c2ccccc2)C[C@@H]1C. The molecule has 3 nitrogen and oxygen atoms in total. The van der Waals surface area contributed by atoms with Gasteiger partial charge in [-0.1, -0.05) is 31.2 Å². The standard InChI is InChI=1S/C17H23NO2/c1-4-10-18-12-13(2)16(11-14(18)3)20-17(19)15-8-6-5-7-9-15/h4-9,13-14,16H,1,10-12H2,2-3H3/t13-,14-,16-/m0/s1. The van der Waals surface area contributed by atoms with Gasteiger partial charge in [-0.3, -0.25) is 4.90 Å². The van der Waals surface area contributed by atoms with Crippen molar-refractivity contribution in [1.29, 1.82) is 0 Å². The van der Waals surface area contributed by atoms with Gasteiger partial charge in [0.15, 0.2) is 0 Å². The fourth-order valence-electron chi connectivity index (χ4n) is 2.75. The van der Waals surface area contributed by atoms with Gasteiger partial charge in [0, 0.05) is 31.5 Å². The van der Waals surface area contributed by atoms with Gasteiger partial charge < -0.3 is 4.74 Å². The number of piperidine rings is 1. The molecule has 1 aliphatic heterocycles. The molecule has 0 aromatic heterocycles. The summed E-state index contributed by atoms with van der Waals surface area (Å²) in [6, 6.07) is 9.62. The van der Waals surface area contributed by atoms with Crippen molar-refractivity contribution >= 4 is 5.97 Å². The zero-order chi connectivity index (χ0) is 14.5. The Kier molecular flexibility index (Phi) is 4.96. The second kappa shape index (κ2) is 6.71. The third kappa shape index (κ3) is 3.48. The highest BCUT2D eigenvalue weighted by atomic mass is 16.5. The van der Waals surface area contributed by atoms with Gasteiger partial charge in [0.1, 0.15) is 6.10 Å². The molecule has 3 heteroatoms. The maximum atomic E-state index is 12.1. The normalized spacial score (nSPS) is 27.0. The topological polar surface area (TPSA) is 29.5 Å². The zero-order valence-electron chi connectivity index (χ0n) is 12.3. The van der Waals surface area contributed by atoms with Gasteiger partial charge in [-0.15, -0.1) is 6.58 Å². The molecule has 1 saturated heterocycles. The number of ether oxygens (including phenoxy) is 1. The maximum absolute atomic E-state index is 12.1. The van der Waals surface area contributed by atoms with Crippen molar-refractivity contribution < 1.29 is 9.53 Å². The van der Waals surface area contributed by atoms with Gasteiger partial charge in [0.25, 0.3) is 0 Å². The molecule has 1 heterocycles. The molecule has 0 amide bonds. The molecular weight excluding hydrogens is 250 g/mol. The predicted octanol–water partition coefficient (Wildman–Crippen LogP) is 3.13. The van der Waals surface area contributed by atoms with Crippen molar-refractivity contribution in [3.63, 3.8) is 0 Å². The van der Waals surface area contributed by atoms with Gasteiger partial charge in [0.2, 0.25) is 0 Å². The minimum absolute atomic E-state index is 0.00114. The lowest BCUT2D eigenvalue weighted by Gasteiger charge is -2.40. The van der Waals surface area contributed by atoms with Crippen LogP contribution in [0, 0.1) is 5.92 Å². The molecule has 2 rings (SSSR count). The first-order valence-electron chi connectivity index (χ1n) is 7.22. The number of rotatable bonds is 4. The molecule has 0 unspecified atom stereocenters. The Hall–Kier alpha value is -1.61. The quantitative estimate of drug-likeness (QED) is 0.623. The fourth-order valence-corrected chi connectivity index (χ4v) is 2.75. The van der Waals surface area contributed by atoms with Crippen molar-refractivity contribution in [3.8, 4) is 0 Å². The minimum Gasteiger partial charge on any atom is -0.458 e. The van der Waals surface area contributed by atoms with Crippen LogP contribution in [0.1, 0.15) is 30.6 Å². The number of benzene rings is 1. The molecule has 1 aliphatic rings. The summed E-state index contributed by atoms with van der Waals surface area (Å²) in [5, 5.41) is 0. The van der Waals surface area contributed by atoms with Gasteiger partial charge >= 0.3 is 5.97 Å². The van der Waals surface area contributed by atoms with E-state index in [0.29, 0.717) is 17.5 Å². The molecule has 0 saturated carbocycles. The van der Waals surface area contributed by atoms with Crippen LogP contribution >= 0.6 is 0 Å². The maximum Gasteiger partial charge on any atom is 0.338 e. The predicted molar refractivity (Wildman–Crippen MR) is 80.7 cm³/mol. The van der Waals surface area contributed by atoms with E-state index in [2.05, 4.69) is 25.3 Å². The average molecular weight is 273 g/mol. The van der Waals surface area contributed by atoms with Crippen LogP contribution in [0.2, 0.25) is 0 Å². The fraction of sp³-hybridized carbons (Fsp3) is 0.471. The van der Waals surface area contributed by atoms with Crippen molar-refractivity contribution in [3.05, 3.63) is 48.6 Å². The molecule has 1 fully saturated rings. The summed E-state index contributed by atoms with van der Waals surface area (Å²) in [7, 11) is 0. The summed E-state index contributed by atoms with van der Waals surface area (Å²) in [5.74, 6) is 0.130. The summed E-state index contributed by atoms with van der Waals surface area (Å²) >= 11 is 0. The van der Waals surface area contributed by atoms with E-state index < -0.39 is 0 Å². The lowest BCUT2D eigenvalue weighted by molar-refractivity contribution is -0.0228. The Bertz CT molecular complexity index is 457. The largest absolute Gasteiger partial charge is 0.458 e. The molecule has 20 heavy (non-hydrogen) atoms. The number of carbonyl (C=O) groups is 1. The first kappa shape index (κ1) is 14.8. The molecule has 108 valence electrons. The van der Waals surface area contributed by atoms with E-state index >= 15 is 0 Å². The number of hydrogen-bond acceptors (Lipinski definition) is 3. The zero-order valence-corrected chi connectivity index (χ0v) is 12.3. The van der Waals surface area contributed by atoms with Crippen LogP contribution in [-0.4, -0.2) is 36.1 Å². The van der Waals surface area contributed by atoms with E-state index in [1.165, 1.54) is 0 Å². The summed E-state index contributed by atoms with van der Waals surface area (Å²) < 4.78 is 5.70. The lowest BCUT2D eigenvalue weighted by atomic mass is 9.91. The number of carbonyl (C=O) groups excluding carboxylic acids is 1. The van der Waals surface area contributed by atoms with Gasteiger partial charge in [-0.2, -0.15) is 0 Å². The highest BCUT2D eigenvalue weighted by Crippen LogP contribution is 2.25. The molecule has 0 aliphatic carbocycles. The van der Waals surface area contributed by atoms with Crippen LogP contribution in [0.25, 0.3) is 0 Å². The Morgan fingerprint density at radius 3 is 2.75 bits per heavy atom. The first-order chi connectivity index (χ1) is 9.61. The minimum atomic E-state index is -0.216. The Morgan fingerprint density at radius 1 is 1.40 bits per heavy atom. The molecule has 0 N–H and O–H groups in total. The lowest BCUT2D eigenvalue weighted by Crippen LogP contribution is -2.48. The van der Waals surface area contributed by atoms with Crippen LogP contribution in [0.15, 0.2) is 43.0 Å². The van der Waals surface area contributed by atoms with Gasteiger partial charge in [-0.25, -0.2) is 4.79 Å². The smallest absolute Gasteiger partial charge is 0.338 e. The highest BCUT2D eigenvalue weighted by molar-refractivity contribution is 5.89. The highest BCUT2D eigenvalue weighted by Gasteiger charge is 2.32. The van der Waals surface area contributed by atoms with E-state index in [0.717, 1.165) is 19.5 Å². The number of nitrogens with zero attached hydrogens (tertiary/aromatic N) is 1. The van der Waals surface area contributed by atoms with Crippen molar-refractivity contribution in [1.82, 2.24) is 4.90 Å². The monoisotopic (exact) mass is 273 g/mol. The Morgan fingerprint density at radius 2 is 2.10 bits per heavy atom. The van der Waals surface area contributed by atoms with E-state index in [1.54, 1.807) is 12.1 Å². The summed E-state index contributed by atoms with van der Waals surface area (Å²) in [4.78, 5) is 14.5. The van der Waals surface area contributed by atoms with Crippen LogP contribution in [-0.2, 0) is 4.74 Å². The number of hydrogen-bond donors (Lipinski definition) is 0. The molecule has 0 radical (unpaired) electrons. The van der Waals surface area contributed by atoms with Crippen LogP contribution < -0.4 is 0 Å². The summed E-state index contributed by atoms with van der Waals surface area (Å²) in [6.45, 7) is 9.96. The molecule has 1 aromatic carbocycles. The van der Waals surface area contributed by atoms with Crippen molar-refractivity contribution in [2.24, 2.45) is 5.92 Å². The second-order valence-corrected chi connectivity index (χ2v) is 5.61. The van der Waals surface area contributed by atoms with Gasteiger partial charge in [-0.05, 0) is 19.1 Å². The molecular formula is C17H23NO2. The molecule has 0 spiro atoms. The van der Waals surface area contributed by atoms with E-state index in [-0.39, 0.29) is 12.1 Å². The van der Waals surface area contributed by atoms with E-state index in [9.17, 15) is 4.79 Å². The first-order valence-corrected chi connectivity index (χ1v) is 7.22. The molecule has 3 atom stereocenters. The summed E-state index contributed by atoms with van der Waals surface area (Å²) in [6.07, 6.45) is 2.81. The van der Waals surface area contributed by atoms with Crippen molar-refractivity contribution in [2.45, 2.75) is 32.4 Å². The van der Waals surface area contributed by atoms with Crippen molar-refractivity contribution in [2.75, 3.05) is 13.1 Å². The van der Waals surface area contributed by atoms with Crippen LogP contribution in [0.3, 0.4) is 0 Å². The Labute approximate surface area is 121 Å². The molecule has 1 aromatic rings.